The Hall–Kier alpha value is -2.99. The predicted octanol–water partition coefficient (Wildman–Crippen LogP) is 5.63. The van der Waals surface area contributed by atoms with Crippen molar-refractivity contribution in [2.45, 2.75) is 70.7 Å². The first kappa shape index (κ1) is 26.1. The molecule has 0 amide bonds. The molecular formula is C30H36O6. The highest BCUT2D eigenvalue weighted by molar-refractivity contribution is 5.90. The van der Waals surface area contributed by atoms with Crippen molar-refractivity contribution in [3.8, 4) is 11.1 Å². The van der Waals surface area contributed by atoms with Gasteiger partial charge in [0.1, 0.15) is 12.4 Å². The van der Waals surface area contributed by atoms with Crippen LogP contribution in [0.1, 0.15) is 62.7 Å². The number of carbonyl (C=O) groups is 3. The van der Waals surface area contributed by atoms with E-state index >= 15 is 0 Å². The maximum Gasteiger partial charge on any atom is 0.338 e. The van der Waals surface area contributed by atoms with Gasteiger partial charge in [0.15, 0.2) is 0 Å². The van der Waals surface area contributed by atoms with E-state index in [0.29, 0.717) is 30.9 Å². The van der Waals surface area contributed by atoms with Gasteiger partial charge in [0.2, 0.25) is 0 Å². The fourth-order valence-corrected chi connectivity index (χ4v) is 5.46. The van der Waals surface area contributed by atoms with Crippen LogP contribution in [0.4, 0.5) is 0 Å². The fraction of sp³-hybridized carbons (Fsp3) is 0.500. The molecule has 6 nitrogen and oxygen atoms in total. The number of fused-ring (bicyclic) bond motifs is 1. The quantitative estimate of drug-likeness (QED) is 0.333. The third kappa shape index (κ3) is 6.61. The van der Waals surface area contributed by atoms with Crippen molar-refractivity contribution >= 4 is 18.2 Å². The number of ether oxygens (including phenoxy) is 3. The van der Waals surface area contributed by atoms with Gasteiger partial charge in [0.25, 0.3) is 0 Å². The smallest absolute Gasteiger partial charge is 0.338 e. The number of carbonyl (C=O) groups excluding carboxylic acids is 3. The summed E-state index contributed by atoms with van der Waals surface area (Å²) >= 11 is 0. The number of aldehydes is 1. The Morgan fingerprint density at radius 2 is 1.75 bits per heavy atom. The highest BCUT2D eigenvalue weighted by atomic mass is 16.6. The molecule has 1 aliphatic carbocycles. The van der Waals surface area contributed by atoms with Crippen LogP contribution in [0.3, 0.4) is 0 Å². The van der Waals surface area contributed by atoms with Gasteiger partial charge in [-0.15, -0.1) is 0 Å². The molecule has 0 spiro atoms. The maximum absolute atomic E-state index is 12.9. The van der Waals surface area contributed by atoms with Crippen LogP contribution in [-0.4, -0.2) is 43.1 Å². The Morgan fingerprint density at radius 3 is 2.44 bits per heavy atom. The minimum atomic E-state index is -0.471. The lowest BCUT2D eigenvalue weighted by Crippen LogP contribution is -2.27. The molecule has 192 valence electrons. The molecule has 1 saturated carbocycles. The van der Waals surface area contributed by atoms with Crippen molar-refractivity contribution in [2.75, 3.05) is 6.61 Å². The van der Waals surface area contributed by atoms with E-state index in [1.54, 1.807) is 12.1 Å². The topological polar surface area (TPSA) is 78.9 Å². The number of hydrogen-bond donors (Lipinski definition) is 0. The van der Waals surface area contributed by atoms with Gasteiger partial charge in [0.05, 0.1) is 23.7 Å². The lowest BCUT2D eigenvalue weighted by molar-refractivity contribution is -0.147. The van der Waals surface area contributed by atoms with Gasteiger partial charge in [-0.2, -0.15) is 0 Å². The van der Waals surface area contributed by atoms with Crippen LogP contribution in [0.25, 0.3) is 11.1 Å². The highest BCUT2D eigenvalue weighted by Gasteiger charge is 2.47. The largest absolute Gasteiger partial charge is 0.463 e. The average molecular weight is 493 g/mol. The number of benzene rings is 2. The van der Waals surface area contributed by atoms with Gasteiger partial charge in [-0.25, -0.2) is 4.79 Å². The molecule has 4 rings (SSSR count). The van der Waals surface area contributed by atoms with Gasteiger partial charge < -0.3 is 19.0 Å². The zero-order valence-corrected chi connectivity index (χ0v) is 21.1. The molecule has 0 aromatic heterocycles. The number of esters is 2. The summed E-state index contributed by atoms with van der Waals surface area (Å²) in [6.07, 6.45) is 4.71. The van der Waals surface area contributed by atoms with Gasteiger partial charge in [-0.05, 0) is 74.6 Å². The van der Waals surface area contributed by atoms with Crippen LogP contribution < -0.4 is 0 Å². The van der Waals surface area contributed by atoms with E-state index in [4.69, 9.17) is 14.2 Å². The summed E-state index contributed by atoms with van der Waals surface area (Å²) in [6.45, 7) is 4.31. The molecule has 1 heterocycles. The second-order valence-corrected chi connectivity index (χ2v) is 10.2. The molecule has 5 atom stereocenters. The summed E-state index contributed by atoms with van der Waals surface area (Å²) in [7, 11) is 0. The van der Waals surface area contributed by atoms with Crippen LogP contribution in [0, 0.1) is 17.8 Å². The molecule has 2 fully saturated rings. The van der Waals surface area contributed by atoms with Crippen molar-refractivity contribution in [1.29, 1.82) is 0 Å². The third-order valence-corrected chi connectivity index (χ3v) is 7.32. The first-order chi connectivity index (χ1) is 17.4. The van der Waals surface area contributed by atoms with Crippen molar-refractivity contribution in [1.82, 2.24) is 0 Å². The molecule has 2 aromatic carbocycles. The normalized spacial score (nSPS) is 25.6. The minimum Gasteiger partial charge on any atom is -0.463 e. The predicted molar refractivity (Wildman–Crippen MR) is 136 cm³/mol. The molecule has 36 heavy (non-hydrogen) atoms. The summed E-state index contributed by atoms with van der Waals surface area (Å²) in [5.74, 6) is -0.510. The second-order valence-electron chi connectivity index (χ2n) is 10.2. The lowest BCUT2D eigenvalue weighted by atomic mass is 9.87. The summed E-state index contributed by atoms with van der Waals surface area (Å²) in [5.41, 5.74) is 2.59. The van der Waals surface area contributed by atoms with E-state index in [9.17, 15) is 14.4 Å². The number of rotatable bonds is 9. The monoisotopic (exact) mass is 492 g/mol. The molecule has 0 unspecified atom stereocenters. The molecular weight excluding hydrogens is 456 g/mol. The van der Waals surface area contributed by atoms with Crippen LogP contribution in [0.5, 0.6) is 0 Å². The van der Waals surface area contributed by atoms with Crippen LogP contribution in [0.15, 0.2) is 54.6 Å². The van der Waals surface area contributed by atoms with Crippen LogP contribution in [-0.2, 0) is 23.8 Å². The summed E-state index contributed by atoms with van der Waals surface area (Å²) in [5, 5.41) is 0. The van der Waals surface area contributed by atoms with Crippen molar-refractivity contribution in [3.63, 3.8) is 0 Å². The standard InChI is InChI=1S/C30H36O6/c1-20(2)35-29(32)10-6-7-21-11-16-25-26(18-31)28(17-27(25)34-19-21)36-30(33)24-14-12-23(13-15-24)22-8-4-3-5-9-22/h3-5,8-9,12-15,18,20-21,25-28H,6-7,10-11,16-17,19H2,1-2H3/t21-,25+,26-,27-,28+/m0/s1. The molecule has 1 aliphatic heterocycles. The van der Waals surface area contributed by atoms with E-state index in [1.807, 2.05) is 56.3 Å². The summed E-state index contributed by atoms with van der Waals surface area (Å²) in [6, 6.07) is 17.3. The third-order valence-electron chi connectivity index (χ3n) is 7.32. The zero-order valence-electron chi connectivity index (χ0n) is 21.1. The SMILES string of the molecule is CC(C)OC(=O)CCC[C@H]1CC[C@@H]2[C@H](C=O)[C@H](OC(=O)c3ccc(-c4ccccc4)cc3)C[C@@H]2OC1. The van der Waals surface area contributed by atoms with Gasteiger partial charge in [-0.1, -0.05) is 42.5 Å². The first-order valence-corrected chi connectivity index (χ1v) is 13.1. The molecule has 6 heteroatoms. The summed E-state index contributed by atoms with van der Waals surface area (Å²) in [4.78, 5) is 36.7. The Bertz CT molecular complexity index is 1020. The van der Waals surface area contributed by atoms with E-state index in [1.165, 1.54) is 0 Å². The molecule has 2 aromatic rings. The Labute approximate surface area is 213 Å². The minimum absolute atomic E-state index is 0.0525. The van der Waals surface area contributed by atoms with Crippen molar-refractivity contribution in [3.05, 3.63) is 60.2 Å². The fourth-order valence-electron chi connectivity index (χ4n) is 5.46. The van der Waals surface area contributed by atoms with Crippen molar-refractivity contribution in [2.24, 2.45) is 17.8 Å². The van der Waals surface area contributed by atoms with Gasteiger partial charge in [-0.3, -0.25) is 4.79 Å². The van der Waals surface area contributed by atoms with E-state index in [0.717, 1.165) is 43.1 Å². The Morgan fingerprint density at radius 1 is 1.03 bits per heavy atom. The number of hydrogen-bond acceptors (Lipinski definition) is 6. The average Bonchev–Trinajstić information content (AvgIpc) is 3.08. The van der Waals surface area contributed by atoms with Crippen molar-refractivity contribution < 1.29 is 28.6 Å². The molecule has 1 saturated heterocycles. The Balaban J connectivity index is 1.29. The molecule has 2 aliphatic rings. The maximum atomic E-state index is 12.9. The van der Waals surface area contributed by atoms with Crippen LogP contribution >= 0.6 is 0 Å². The van der Waals surface area contributed by atoms with Gasteiger partial charge >= 0.3 is 11.9 Å². The first-order valence-electron chi connectivity index (χ1n) is 13.1. The van der Waals surface area contributed by atoms with Gasteiger partial charge in [0, 0.05) is 19.4 Å². The molecule has 0 N–H and O–H groups in total. The van der Waals surface area contributed by atoms with E-state index < -0.39 is 12.1 Å². The van der Waals surface area contributed by atoms with Crippen LogP contribution in [0.2, 0.25) is 0 Å². The Kier molecular flexibility index (Phi) is 8.92. The molecule has 0 bridgehead atoms. The zero-order chi connectivity index (χ0) is 25.5. The molecule has 0 radical (unpaired) electrons. The van der Waals surface area contributed by atoms with E-state index in [-0.39, 0.29) is 30.0 Å². The highest BCUT2D eigenvalue weighted by Crippen LogP contribution is 2.42. The van der Waals surface area contributed by atoms with E-state index in [2.05, 4.69) is 0 Å². The lowest BCUT2D eigenvalue weighted by Gasteiger charge is -2.20. The summed E-state index contributed by atoms with van der Waals surface area (Å²) < 4.78 is 17.2. The second kappa shape index (κ2) is 12.3.